The highest BCUT2D eigenvalue weighted by Gasteiger charge is 2.26. The fourth-order valence-corrected chi connectivity index (χ4v) is 7.86. The average Bonchev–Trinajstić information content (AvgIpc) is 3.51. The molecule has 1 saturated carbocycles. The maximum atomic E-state index is 6.45. The SMILES string of the molecule is CCO/C=C\c1c(CC2CCCCC2)nc2c(-c3ccc(-c4ccccc4)nc3)cnn2c1N(COCC[Si](C)(C)C)COCC[Si](C)(C)C. The standard InChI is InChI=1S/C40H59N5O3Si2/c1-8-46-22-21-35-38(27-32-15-11-9-12-16-32)43-39-36(34-19-20-37(41-28-34)33-17-13-10-14-18-33)29-42-45(39)40(35)44(30-47-23-25-49(2,3)4)31-48-24-26-50(5,6)7/h10,13-14,17-22,28-29,32H,8-9,11-12,15-16,23-27,30-31H2,1-7H3/b22-21-. The molecule has 0 atom stereocenters. The fourth-order valence-electron chi connectivity index (χ4n) is 6.35. The quantitative estimate of drug-likeness (QED) is 0.0440. The predicted octanol–water partition coefficient (Wildman–Crippen LogP) is 10.0. The number of hydrogen-bond donors (Lipinski definition) is 0. The largest absolute Gasteiger partial charge is 0.501 e. The highest BCUT2D eigenvalue weighted by molar-refractivity contribution is 6.76. The molecule has 0 aliphatic heterocycles. The van der Waals surface area contributed by atoms with Crippen LogP contribution in [0.2, 0.25) is 51.4 Å². The van der Waals surface area contributed by atoms with Crippen LogP contribution in [0.15, 0.2) is 61.1 Å². The molecule has 3 heterocycles. The molecular weight excluding hydrogens is 655 g/mol. The van der Waals surface area contributed by atoms with E-state index in [2.05, 4.69) is 74.5 Å². The van der Waals surface area contributed by atoms with Gasteiger partial charge in [0.25, 0.3) is 0 Å². The van der Waals surface area contributed by atoms with Crippen molar-refractivity contribution in [2.24, 2.45) is 5.92 Å². The highest BCUT2D eigenvalue weighted by Crippen LogP contribution is 2.35. The highest BCUT2D eigenvalue weighted by atomic mass is 28.3. The van der Waals surface area contributed by atoms with Crippen LogP contribution in [-0.2, 0) is 20.6 Å². The number of nitrogens with zero attached hydrogens (tertiary/aromatic N) is 5. The zero-order valence-corrected chi connectivity index (χ0v) is 33.6. The summed E-state index contributed by atoms with van der Waals surface area (Å²) in [6.45, 7) is 19.2. The number of aromatic nitrogens is 4. The lowest BCUT2D eigenvalue weighted by Crippen LogP contribution is -2.34. The van der Waals surface area contributed by atoms with Gasteiger partial charge in [-0.3, -0.25) is 4.98 Å². The molecule has 4 aromatic rings. The molecule has 0 saturated heterocycles. The van der Waals surface area contributed by atoms with Crippen molar-refractivity contribution in [3.8, 4) is 22.4 Å². The van der Waals surface area contributed by atoms with Crippen molar-refractivity contribution in [3.05, 3.63) is 72.4 Å². The second-order valence-corrected chi connectivity index (χ2v) is 27.3. The van der Waals surface area contributed by atoms with E-state index >= 15 is 0 Å². The lowest BCUT2D eigenvalue weighted by molar-refractivity contribution is 0.0942. The molecule has 0 bridgehead atoms. The lowest BCUT2D eigenvalue weighted by Gasteiger charge is -2.29. The van der Waals surface area contributed by atoms with Crippen molar-refractivity contribution < 1.29 is 14.2 Å². The fraction of sp³-hybridized carbons (Fsp3) is 0.525. The van der Waals surface area contributed by atoms with Gasteiger partial charge in [-0.2, -0.15) is 9.61 Å². The second kappa shape index (κ2) is 17.8. The van der Waals surface area contributed by atoms with E-state index < -0.39 is 16.1 Å². The first-order chi connectivity index (χ1) is 24.0. The van der Waals surface area contributed by atoms with E-state index in [9.17, 15) is 0 Å². The summed E-state index contributed by atoms with van der Waals surface area (Å²) in [7, 11) is -2.53. The number of hydrogen-bond acceptors (Lipinski definition) is 7. The number of anilines is 1. The van der Waals surface area contributed by atoms with Gasteiger partial charge in [0.15, 0.2) is 5.65 Å². The Balaban J connectivity index is 1.61. The van der Waals surface area contributed by atoms with E-state index in [-0.39, 0.29) is 0 Å². The van der Waals surface area contributed by atoms with Crippen molar-refractivity contribution in [1.82, 2.24) is 19.6 Å². The molecule has 1 fully saturated rings. The minimum absolute atomic E-state index is 0.400. The summed E-state index contributed by atoms with van der Waals surface area (Å²) in [5.74, 6) is 1.52. The molecule has 3 aromatic heterocycles. The Labute approximate surface area is 302 Å². The molecule has 1 aliphatic carbocycles. The van der Waals surface area contributed by atoms with E-state index in [0.717, 1.165) is 76.8 Å². The predicted molar refractivity (Wildman–Crippen MR) is 213 cm³/mol. The van der Waals surface area contributed by atoms with Crippen LogP contribution >= 0.6 is 0 Å². The normalized spacial score (nSPS) is 14.5. The van der Waals surface area contributed by atoms with Crippen molar-refractivity contribution in [3.63, 3.8) is 0 Å². The first kappa shape index (κ1) is 37.9. The first-order valence-corrected chi connectivity index (χ1v) is 26.0. The zero-order valence-electron chi connectivity index (χ0n) is 31.6. The number of rotatable bonds is 18. The third-order valence-electron chi connectivity index (χ3n) is 9.37. The van der Waals surface area contributed by atoms with E-state index in [1.807, 2.05) is 48.3 Å². The van der Waals surface area contributed by atoms with Gasteiger partial charge in [-0.15, -0.1) is 0 Å². The van der Waals surface area contributed by atoms with Gasteiger partial charge < -0.3 is 19.1 Å². The second-order valence-electron chi connectivity index (χ2n) is 16.1. The van der Waals surface area contributed by atoms with Crippen LogP contribution < -0.4 is 4.90 Å². The maximum Gasteiger partial charge on any atom is 0.165 e. The van der Waals surface area contributed by atoms with Crippen LogP contribution in [-0.4, -0.2) is 69.0 Å². The van der Waals surface area contributed by atoms with E-state index in [1.54, 1.807) is 0 Å². The van der Waals surface area contributed by atoms with E-state index in [4.69, 9.17) is 29.3 Å². The lowest BCUT2D eigenvalue weighted by atomic mass is 9.85. The zero-order chi connectivity index (χ0) is 35.6. The van der Waals surface area contributed by atoms with E-state index in [1.165, 1.54) is 32.1 Å². The molecule has 8 nitrogen and oxygen atoms in total. The minimum atomic E-state index is -1.26. The Kier molecular flexibility index (Phi) is 13.5. The molecule has 5 rings (SSSR count). The molecule has 0 N–H and O–H groups in total. The van der Waals surface area contributed by atoms with Crippen LogP contribution in [0, 0.1) is 5.92 Å². The summed E-state index contributed by atoms with van der Waals surface area (Å²) in [6, 6.07) is 16.7. The van der Waals surface area contributed by atoms with Gasteiger partial charge in [-0.05, 0) is 43.5 Å². The Morgan fingerprint density at radius 2 is 1.52 bits per heavy atom. The third-order valence-corrected chi connectivity index (χ3v) is 12.8. The van der Waals surface area contributed by atoms with Crippen LogP contribution in [0.25, 0.3) is 34.1 Å². The van der Waals surface area contributed by atoms with Crippen LogP contribution in [0.3, 0.4) is 0 Å². The topological polar surface area (TPSA) is 74.0 Å². The molecular formula is C40H59N5O3Si2. The van der Waals surface area contributed by atoms with Crippen LogP contribution in [0.4, 0.5) is 5.82 Å². The summed E-state index contributed by atoms with van der Waals surface area (Å²) in [4.78, 5) is 12.5. The van der Waals surface area contributed by atoms with Crippen LogP contribution in [0.1, 0.15) is 50.3 Å². The van der Waals surface area contributed by atoms with Crippen molar-refractivity contribution in [2.45, 2.75) is 96.8 Å². The molecule has 50 heavy (non-hydrogen) atoms. The monoisotopic (exact) mass is 713 g/mol. The summed E-state index contributed by atoms with van der Waals surface area (Å²) < 4.78 is 20.7. The van der Waals surface area contributed by atoms with Crippen molar-refractivity contribution in [2.75, 3.05) is 38.2 Å². The number of benzene rings is 1. The smallest absolute Gasteiger partial charge is 0.165 e. The van der Waals surface area contributed by atoms with Gasteiger partial charge >= 0.3 is 0 Å². The summed E-state index contributed by atoms with van der Waals surface area (Å²) in [5.41, 5.74) is 6.90. The van der Waals surface area contributed by atoms with Crippen molar-refractivity contribution in [1.29, 1.82) is 0 Å². The van der Waals surface area contributed by atoms with Gasteiger partial charge in [0, 0.05) is 57.8 Å². The Bertz CT molecular complexity index is 1640. The van der Waals surface area contributed by atoms with Crippen LogP contribution in [0.5, 0.6) is 0 Å². The molecule has 1 aliphatic rings. The molecule has 0 amide bonds. The van der Waals surface area contributed by atoms with Gasteiger partial charge in [-0.1, -0.05) is 108 Å². The summed E-state index contributed by atoms with van der Waals surface area (Å²) >= 11 is 0. The Morgan fingerprint density at radius 1 is 0.840 bits per heavy atom. The molecule has 0 unspecified atom stereocenters. The third kappa shape index (κ3) is 10.8. The van der Waals surface area contributed by atoms with Gasteiger partial charge in [0.2, 0.25) is 0 Å². The first-order valence-electron chi connectivity index (χ1n) is 18.6. The molecule has 270 valence electrons. The number of pyridine rings is 1. The Morgan fingerprint density at radius 3 is 2.12 bits per heavy atom. The van der Waals surface area contributed by atoms with Crippen molar-refractivity contribution >= 4 is 33.7 Å². The molecule has 0 spiro atoms. The van der Waals surface area contributed by atoms with Gasteiger partial charge in [0.05, 0.1) is 30.5 Å². The molecule has 1 aromatic carbocycles. The van der Waals surface area contributed by atoms with E-state index in [0.29, 0.717) is 26.0 Å². The molecule has 0 radical (unpaired) electrons. The maximum absolute atomic E-state index is 6.45. The van der Waals surface area contributed by atoms with Gasteiger partial charge in [0.1, 0.15) is 19.3 Å². The summed E-state index contributed by atoms with van der Waals surface area (Å²) in [6.07, 6.45) is 15.0. The summed E-state index contributed by atoms with van der Waals surface area (Å²) in [5, 5.41) is 5.02. The average molecular weight is 714 g/mol. The number of ether oxygens (including phenoxy) is 3. The Hall–Kier alpha value is -3.32. The molecule has 10 heteroatoms. The van der Waals surface area contributed by atoms with Gasteiger partial charge in [-0.25, -0.2) is 4.98 Å². The number of fused-ring (bicyclic) bond motifs is 1. The minimum Gasteiger partial charge on any atom is -0.501 e.